The molecule has 0 spiro atoms. The summed E-state index contributed by atoms with van der Waals surface area (Å²) < 4.78 is 51.7. The zero-order valence-corrected chi connectivity index (χ0v) is 12.5. The Bertz CT molecular complexity index is 763. The SMILES string of the molecule is Nc1ccc(F)cc1S(=O)(=O)Cc1ccc(Br)cc1F. The molecular weight excluding hydrogens is 352 g/mol. The standard InChI is InChI=1S/C13H10BrF2NO2S/c14-9-2-1-8(11(16)5-9)7-20(18,19)13-6-10(15)3-4-12(13)17/h1-6H,7,17H2. The van der Waals surface area contributed by atoms with E-state index in [2.05, 4.69) is 15.9 Å². The highest BCUT2D eigenvalue weighted by molar-refractivity contribution is 9.10. The van der Waals surface area contributed by atoms with Crippen molar-refractivity contribution in [2.45, 2.75) is 10.6 Å². The topological polar surface area (TPSA) is 60.2 Å². The third kappa shape index (κ3) is 3.16. The average Bonchev–Trinajstić information content (AvgIpc) is 2.35. The first kappa shape index (κ1) is 14.9. The fraction of sp³-hybridized carbons (Fsp3) is 0.0769. The van der Waals surface area contributed by atoms with E-state index in [0.717, 1.165) is 12.1 Å². The quantitative estimate of drug-likeness (QED) is 0.853. The van der Waals surface area contributed by atoms with Gasteiger partial charge in [0, 0.05) is 10.0 Å². The molecule has 2 aromatic rings. The molecule has 7 heteroatoms. The molecular formula is C13H10BrF2NO2S. The summed E-state index contributed by atoms with van der Waals surface area (Å²) in [5.41, 5.74) is 5.48. The first-order chi connectivity index (χ1) is 9.29. The molecule has 0 amide bonds. The summed E-state index contributed by atoms with van der Waals surface area (Å²) >= 11 is 3.08. The number of hydrogen-bond acceptors (Lipinski definition) is 3. The van der Waals surface area contributed by atoms with E-state index >= 15 is 0 Å². The molecule has 3 nitrogen and oxygen atoms in total. The van der Waals surface area contributed by atoms with Gasteiger partial charge in [0.2, 0.25) is 0 Å². The summed E-state index contributed by atoms with van der Waals surface area (Å²) in [5, 5.41) is 0. The Kier molecular flexibility index (Phi) is 4.10. The molecule has 0 aliphatic rings. The molecule has 2 N–H and O–H groups in total. The van der Waals surface area contributed by atoms with Crippen molar-refractivity contribution in [1.29, 1.82) is 0 Å². The van der Waals surface area contributed by atoms with Crippen LogP contribution in [0.3, 0.4) is 0 Å². The van der Waals surface area contributed by atoms with Gasteiger partial charge < -0.3 is 5.73 Å². The zero-order valence-electron chi connectivity index (χ0n) is 10.1. The smallest absolute Gasteiger partial charge is 0.184 e. The molecule has 0 radical (unpaired) electrons. The van der Waals surface area contributed by atoms with Crippen LogP contribution in [0.15, 0.2) is 45.8 Å². The van der Waals surface area contributed by atoms with Gasteiger partial charge in [-0.05, 0) is 30.3 Å². The van der Waals surface area contributed by atoms with Crippen LogP contribution in [0.5, 0.6) is 0 Å². The predicted octanol–water partition coefficient (Wildman–Crippen LogP) is 3.28. The zero-order chi connectivity index (χ0) is 14.9. The van der Waals surface area contributed by atoms with Crippen LogP contribution in [0.25, 0.3) is 0 Å². The highest BCUT2D eigenvalue weighted by Gasteiger charge is 2.21. The lowest BCUT2D eigenvalue weighted by molar-refractivity contribution is 0.584. The van der Waals surface area contributed by atoms with Crippen molar-refractivity contribution in [1.82, 2.24) is 0 Å². The van der Waals surface area contributed by atoms with Gasteiger partial charge in [-0.25, -0.2) is 17.2 Å². The largest absolute Gasteiger partial charge is 0.398 e. The normalized spacial score (nSPS) is 11.6. The lowest BCUT2D eigenvalue weighted by Gasteiger charge is -2.08. The Balaban J connectivity index is 2.43. The van der Waals surface area contributed by atoms with E-state index in [4.69, 9.17) is 5.73 Å². The Morgan fingerprint density at radius 1 is 1.10 bits per heavy atom. The van der Waals surface area contributed by atoms with E-state index < -0.39 is 27.2 Å². The molecule has 0 saturated heterocycles. The van der Waals surface area contributed by atoms with Crippen molar-refractivity contribution in [3.8, 4) is 0 Å². The Morgan fingerprint density at radius 2 is 1.80 bits per heavy atom. The van der Waals surface area contributed by atoms with Crippen LogP contribution in [-0.2, 0) is 15.6 Å². The lowest BCUT2D eigenvalue weighted by Crippen LogP contribution is -2.09. The summed E-state index contributed by atoms with van der Waals surface area (Å²) in [7, 11) is -3.92. The minimum atomic E-state index is -3.92. The van der Waals surface area contributed by atoms with Gasteiger partial charge in [0.15, 0.2) is 9.84 Å². The van der Waals surface area contributed by atoms with Crippen molar-refractivity contribution < 1.29 is 17.2 Å². The van der Waals surface area contributed by atoms with E-state index in [1.165, 1.54) is 24.3 Å². The van der Waals surface area contributed by atoms with Crippen molar-refractivity contribution in [3.63, 3.8) is 0 Å². The van der Waals surface area contributed by atoms with E-state index in [1.807, 2.05) is 0 Å². The number of halogens is 3. The van der Waals surface area contributed by atoms with Gasteiger partial charge >= 0.3 is 0 Å². The lowest BCUT2D eigenvalue weighted by atomic mass is 10.2. The molecule has 0 fully saturated rings. The molecule has 0 atom stereocenters. The molecule has 20 heavy (non-hydrogen) atoms. The first-order valence-corrected chi connectivity index (χ1v) is 7.96. The molecule has 2 aromatic carbocycles. The van der Waals surface area contributed by atoms with Gasteiger partial charge in [0.05, 0.1) is 16.3 Å². The number of sulfone groups is 1. The summed E-state index contributed by atoms with van der Waals surface area (Å²) in [4.78, 5) is -0.334. The van der Waals surface area contributed by atoms with Crippen LogP contribution in [0.4, 0.5) is 14.5 Å². The Labute approximate surface area is 123 Å². The number of anilines is 1. The monoisotopic (exact) mass is 361 g/mol. The van der Waals surface area contributed by atoms with Gasteiger partial charge in [-0.15, -0.1) is 0 Å². The second-order valence-electron chi connectivity index (χ2n) is 4.18. The summed E-state index contributed by atoms with van der Waals surface area (Å²) in [5.74, 6) is -1.95. The van der Waals surface area contributed by atoms with Gasteiger partial charge in [0.1, 0.15) is 11.6 Å². The first-order valence-electron chi connectivity index (χ1n) is 5.51. The van der Waals surface area contributed by atoms with Crippen molar-refractivity contribution in [3.05, 3.63) is 58.1 Å². The number of nitrogen functional groups attached to an aromatic ring is 1. The molecule has 106 valence electrons. The average molecular weight is 362 g/mol. The van der Waals surface area contributed by atoms with Crippen molar-refractivity contribution in [2.24, 2.45) is 0 Å². The van der Waals surface area contributed by atoms with Crippen LogP contribution in [0.2, 0.25) is 0 Å². The fourth-order valence-corrected chi connectivity index (χ4v) is 3.55. The maximum atomic E-state index is 13.7. The Hall–Kier alpha value is -1.47. The highest BCUT2D eigenvalue weighted by atomic mass is 79.9. The summed E-state index contributed by atoms with van der Waals surface area (Å²) in [6.07, 6.45) is 0. The Morgan fingerprint density at radius 3 is 2.45 bits per heavy atom. The van der Waals surface area contributed by atoms with Gasteiger partial charge in [-0.3, -0.25) is 0 Å². The minimum Gasteiger partial charge on any atom is -0.398 e. The third-order valence-corrected chi connectivity index (χ3v) is 4.88. The van der Waals surface area contributed by atoms with Gasteiger partial charge in [0.25, 0.3) is 0 Å². The molecule has 0 aliphatic heterocycles. The van der Waals surface area contributed by atoms with Crippen LogP contribution >= 0.6 is 15.9 Å². The van der Waals surface area contributed by atoms with Gasteiger partial charge in [-0.1, -0.05) is 22.0 Å². The van der Waals surface area contributed by atoms with Crippen molar-refractivity contribution in [2.75, 3.05) is 5.73 Å². The number of hydrogen-bond donors (Lipinski definition) is 1. The van der Waals surface area contributed by atoms with E-state index in [1.54, 1.807) is 0 Å². The fourth-order valence-electron chi connectivity index (χ4n) is 1.70. The number of rotatable bonds is 3. The van der Waals surface area contributed by atoms with E-state index in [9.17, 15) is 17.2 Å². The minimum absolute atomic E-state index is 0.00291. The van der Waals surface area contributed by atoms with Crippen molar-refractivity contribution >= 4 is 31.5 Å². The van der Waals surface area contributed by atoms with Crippen LogP contribution in [-0.4, -0.2) is 8.42 Å². The second-order valence-corrected chi connectivity index (χ2v) is 7.05. The third-order valence-electron chi connectivity index (χ3n) is 2.67. The van der Waals surface area contributed by atoms with E-state index in [0.29, 0.717) is 4.47 Å². The predicted molar refractivity (Wildman–Crippen MR) is 75.8 cm³/mol. The summed E-state index contributed by atoms with van der Waals surface area (Å²) in [6, 6.07) is 7.12. The van der Waals surface area contributed by atoms with Crippen LogP contribution < -0.4 is 5.73 Å². The maximum absolute atomic E-state index is 13.7. The molecule has 0 aromatic heterocycles. The van der Waals surface area contributed by atoms with E-state index in [-0.39, 0.29) is 16.1 Å². The number of benzene rings is 2. The van der Waals surface area contributed by atoms with Crippen LogP contribution in [0, 0.1) is 11.6 Å². The maximum Gasteiger partial charge on any atom is 0.184 e. The molecule has 0 bridgehead atoms. The van der Waals surface area contributed by atoms with Gasteiger partial charge in [-0.2, -0.15) is 0 Å². The second kappa shape index (κ2) is 5.49. The van der Waals surface area contributed by atoms with Crippen LogP contribution in [0.1, 0.15) is 5.56 Å². The molecule has 0 unspecified atom stereocenters. The molecule has 2 rings (SSSR count). The summed E-state index contributed by atoms with van der Waals surface area (Å²) in [6.45, 7) is 0. The molecule has 0 saturated carbocycles. The molecule has 0 aliphatic carbocycles. The highest BCUT2D eigenvalue weighted by Crippen LogP contribution is 2.25. The molecule has 0 heterocycles. The number of nitrogens with two attached hydrogens (primary N) is 1.